The van der Waals surface area contributed by atoms with E-state index in [4.69, 9.17) is 10.8 Å². The van der Waals surface area contributed by atoms with Crippen LogP contribution in [-0.2, 0) is 14.1 Å². The molecule has 0 aliphatic heterocycles. The van der Waals surface area contributed by atoms with E-state index >= 15 is 0 Å². The smallest absolute Gasteiger partial charge is 0.0926 e. The Kier molecular flexibility index (Phi) is 3.90. The first-order valence-corrected chi connectivity index (χ1v) is 8.52. The summed E-state index contributed by atoms with van der Waals surface area (Å²) < 4.78 is 4.13. The van der Waals surface area contributed by atoms with Gasteiger partial charge >= 0.3 is 0 Å². The molecule has 4 aromatic rings. The number of nitrogens with two attached hydrogens (primary N) is 1. The molecule has 2 aromatic heterocycles. The highest BCUT2D eigenvalue weighted by molar-refractivity contribution is 5.85. The van der Waals surface area contributed by atoms with Crippen LogP contribution in [0.5, 0.6) is 0 Å². The average molecular weight is 330 g/mol. The lowest BCUT2D eigenvalue weighted by Crippen LogP contribution is -2.16. The highest BCUT2D eigenvalue weighted by atomic mass is 15.3. The highest BCUT2D eigenvalue weighted by Crippen LogP contribution is 2.33. The summed E-state index contributed by atoms with van der Waals surface area (Å²) in [5.74, 6) is 0.112. The average Bonchev–Trinajstić information content (AvgIpc) is 3.19. The van der Waals surface area contributed by atoms with Crippen molar-refractivity contribution in [1.82, 2.24) is 14.3 Å². The SMILES string of the molecule is Cn1nc(-c2ccccc2)cc1C(CN)c1cn(C)c2ccccc12. The van der Waals surface area contributed by atoms with Crippen LogP contribution in [0.15, 0.2) is 66.9 Å². The molecule has 0 saturated heterocycles. The topological polar surface area (TPSA) is 48.8 Å². The van der Waals surface area contributed by atoms with Crippen LogP contribution >= 0.6 is 0 Å². The number of fused-ring (bicyclic) bond motifs is 1. The molecular formula is C21H22N4. The first kappa shape index (κ1) is 15.7. The number of benzene rings is 2. The van der Waals surface area contributed by atoms with Crippen LogP contribution in [0, 0.1) is 0 Å². The molecule has 0 aliphatic rings. The lowest BCUT2D eigenvalue weighted by atomic mass is 9.94. The van der Waals surface area contributed by atoms with E-state index in [2.05, 4.69) is 60.3 Å². The number of rotatable bonds is 4. The maximum Gasteiger partial charge on any atom is 0.0926 e. The van der Waals surface area contributed by atoms with E-state index in [1.54, 1.807) is 0 Å². The van der Waals surface area contributed by atoms with Crippen molar-refractivity contribution in [1.29, 1.82) is 0 Å². The predicted molar refractivity (Wildman–Crippen MR) is 102 cm³/mol. The van der Waals surface area contributed by atoms with Crippen LogP contribution in [0.25, 0.3) is 22.2 Å². The van der Waals surface area contributed by atoms with Crippen LogP contribution in [0.4, 0.5) is 0 Å². The van der Waals surface area contributed by atoms with Gasteiger partial charge in [0.15, 0.2) is 0 Å². The third-order valence-corrected chi connectivity index (χ3v) is 4.88. The molecule has 0 spiro atoms. The summed E-state index contributed by atoms with van der Waals surface area (Å²) in [4.78, 5) is 0. The molecule has 25 heavy (non-hydrogen) atoms. The summed E-state index contributed by atoms with van der Waals surface area (Å²) >= 11 is 0. The van der Waals surface area contributed by atoms with Crippen LogP contribution in [0.2, 0.25) is 0 Å². The standard InChI is InChI=1S/C21H22N4/c1-24-14-18(16-10-6-7-11-20(16)24)17(13-22)21-12-19(23-25(21)2)15-8-4-3-5-9-15/h3-12,14,17H,13,22H2,1-2H3. The molecule has 0 saturated carbocycles. The minimum absolute atomic E-state index is 0.112. The van der Waals surface area contributed by atoms with Gasteiger partial charge in [-0.3, -0.25) is 4.68 Å². The first-order chi connectivity index (χ1) is 12.2. The highest BCUT2D eigenvalue weighted by Gasteiger charge is 2.22. The van der Waals surface area contributed by atoms with Crippen molar-refractivity contribution in [3.8, 4) is 11.3 Å². The summed E-state index contributed by atoms with van der Waals surface area (Å²) in [5, 5.41) is 5.97. The molecule has 1 unspecified atom stereocenters. The van der Waals surface area contributed by atoms with Crippen LogP contribution in [0.1, 0.15) is 17.2 Å². The molecule has 2 aromatic carbocycles. The van der Waals surface area contributed by atoms with E-state index < -0.39 is 0 Å². The fraction of sp³-hybridized carbons (Fsp3) is 0.190. The molecular weight excluding hydrogens is 308 g/mol. The number of aryl methyl sites for hydroxylation is 2. The van der Waals surface area contributed by atoms with Gasteiger partial charge in [-0.1, -0.05) is 48.5 Å². The maximum atomic E-state index is 6.20. The van der Waals surface area contributed by atoms with Crippen LogP contribution < -0.4 is 5.73 Å². The Morgan fingerprint density at radius 2 is 1.72 bits per heavy atom. The van der Waals surface area contributed by atoms with Gasteiger partial charge in [-0.25, -0.2) is 0 Å². The predicted octanol–water partition coefficient (Wildman–Crippen LogP) is 3.67. The van der Waals surface area contributed by atoms with E-state index in [1.807, 2.05) is 29.9 Å². The fourth-order valence-electron chi connectivity index (χ4n) is 3.62. The van der Waals surface area contributed by atoms with E-state index in [0.717, 1.165) is 17.0 Å². The van der Waals surface area contributed by atoms with Crippen molar-refractivity contribution in [2.45, 2.75) is 5.92 Å². The van der Waals surface area contributed by atoms with Gasteiger partial charge in [0.25, 0.3) is 0 Å². The third-order valence-electron chi connectivity index (χ3n) is 4.88. The third kappa shape index (κ3) is 2.65. The number of para-hydroxylation sites is 1. The Morgan fingerprint density at radius 3 is 2.48 bits per heavy atom. The number of nitrogens with zero attached hydrogens (tertiary/aromatic N) is 3. The van der Waals surface area contributed by atoms with Crippen molar-refractivity contribution >= 4 is 10.9 Å². The van der Waals surface area contributed by atoms with Crippen molar-refractivity contribution in [2.24, 2.45) is 19.8 Å². The molecule has 0 amide bonds. The second kappa shape index (κ2) is 6.22. The fourth-order valence-corrected chi connectivity index (χ4v) is 3.62. The molecule has 2 heterocycles. The first-order valence-electron chi connectivity index (χ1n) is 8.52. The Labute approximate surface area is 147 Å². The molecule has 4 nitrogen and oxygen atoms in total. The zero-order valence-corrected chi connectivity index (χ0v) is 14.6. The molecule has 0 aliphatic carbocycles. The molecule has 0 bridgehead atoms. The molecule has 0 fully saturated rings. The second-order valence-electron chi connectivity index (χ2n) is 6.44. The largest absolute Gasteiger partial charge is 0.350 e. The Morgan fingerprint density at radius 1 is 1.00 bits per heavy atom. The lowest BCUT2D eigenvalue weighted by Gasteiger charge is -2.14. The van der Waals surface area contributed by atoms with Crippen LogP contribution in [-0.4, -0.2) is 20.9 Å². The van der Waals surface area contributed by atoms with Gasteiger partial charge in [-0.15, -0.1) is 0 Å². The van der Waals surface area contributed by atoms with Gasteiger partial charge in [0.1, 0.15) is 0 Å². The Balaban J connectivity index is 1.83. The van der Waals surface area contributed by atoms with Gasteiger partial charge < -0.3 is 10.3 Å². The minimum atomic E-state index is 0.112. The maximum absolute atomic E-state index is 6.20. The Bertz CT molecular complexity index is 1010. The monoisotopic (exact) mass is 330 g/mol. The summed E-state index contributed by atoms with van der Waals surface area (Å²) in [6.45, 7) is 0.543. The van der Waals surface area contributed by atoms with Gasteiger partial charge in [-0.05, 0) is 17.7 Å². The summed E-state index contributed by atoms with van der Waals surface area (Å²) in [5.41, 5.74) is 11.9. The molecule has 1 atom stereocenters. The van der Waals surface area contributed by atoms with E-state index in [0.29, 0.717) is 6.54 Å². The van der Waals surface area contributed by atoms with Crippen molar-refractivity contribution in [3.05, 3.63) is 78.1 Å². The molecule has 2 N–H and O–H groups in total. The molecule has 0 radical (unpaired) electrons. The molecule has 4 rings (SSSR count). The van der Waals surface area contributed by atoms with Crippen molar-refractivity contribution in [3.63, 3.8) is 0 Å². The normalized spacial score (nSPS) is 12.6. The van der Waals surface area contributed by atoms with Crippen molar-refractivity contribution in [2.75, 3.05) is 6.54 Å². The summed E-state index contributed by atoms with van der Waals surface area (Å²) in [6.07, 6.45) is 2.19. The van der Waals surface area contributed by atoms with E-state index in [9.17, 15) is 0 Å². The zero-order chi connectivity index (χ0) is 17.4. The zero-order valence-electron chi connectivity index (χ0n) is 14.6. The molecule has 4 heteroatoms. The van der Waals surface area contributed by atoms with Crippen molar-refractivity contribution < 1.29 is 0 Å². The van der Waals surface area contributed by atoms with E-state index in [1.165, 1.54) is 16.5 Å². The van der Waals surface area contributed by atoms with Gasteiger partial charge in [0.2, 0.25) is 0 Å². The Hall–Kier alpha value is -2.85. The van der Waals surface area contributed by atoms with Crippen LogP contribution in [0.3, 0.4) is 0 Å². The quantitative estimate of drug-likeness (QED) is 0.621. The van der Waals surface area contributed by atoms with Gasteiger partial charge in [-0.2, -0.15) is 5.10 Å². The number of hydrogen-bond donors (Lipinski definition) is 1. The second-order valence-corrected chi connectivity index (χ2v) is 6.44. The van der Waals surface area contributed by atoms with E-state index in [-0.39, 0.29) is 5.92 Å². The lowest BCUT2D eigenvalue weighted by molar-refractivity contribution is 0.665. The number of aromatic nitrogens is 3. The number of hydrogen-bond acceptors (Lipinski definition) is 2. The minimum Gasteiger partial charge on any atom is -0.350 e. The summed E-state index contributed by atoms with van der Waals surface area (Å²) in [6, 6.07) is 20.9. The summed E-state index contributed by atoms with van der Waals surface area (Å²) in [7, 11) is 4.08. The van der Waals surface area contributed by atoms with Gasteiger partial charge in [0, 0.05) is 54.9 Å². The molecule has 126 valence electrons. The van der Waals surface area contributed by atoms with Gasteiger partial charge in [0.05, 0.1) is 5.69 Å².